The van der Waals surface area contributed by atoms with Gasteiger partial charge in [-0.1, -0.05) is 23.2 Å². The predicted molar refractivity (Wildman–Crippen MR) is 98.4 cm³/mol. The number of carbonyl (C=O) groups excluding carboxylic acids is 3. The van der Waals surface area contributed by atoms with E-state index < -0.39 is 17.7 Å². The van der Waals surface area contributed by atoms with Gasteiger partial charge >= 0.3 is 0 Å². The van der Waals surface area contributed by atoms with Crippen LogP contribution in [0.2, 0.25) is 10.0 Å². The zero-order valence-corrected chi connectivity index (χ0v) is 14.9. The Labute approximate surface area is 159 Å². The lowest BCUT2D eigenvalue weighted by molar-refractivity contribution is -0.128. The predicted octanol–water partition coefficient (Wildman–Crippen LogP) is 3.17. The maximum absolute atomic E-state index is 11.8. The Bertz CT molecular complexity index is 819. The molecule has 9 heteroatoms. The molecule has 0 saturated heterocycles. The summed E-state index contributed by atoms with van der Waals surface area (Å²) >= 11 is 11.7. The van der Waals surface area contributed by atoms with E-state index in [-0.39, 0.29) is 12.8 Å². The third-order valence-corrected chi connectivity index (χ3v) is 3.60. The summed E-state index contributed by atoms with van der Waals surface area (Å²) in [4.78, 5) is 35.0. The van der Waals surface area contributed by atoms with Gasteiger partial charge in [0.25, 0.3) is 5.91 Å². The van der Waals surface area contributed by atoms with Crippen molar-refractivity contribution in [2.45, 2.75) is 12.8 Å². The van der Waals surface area contributed by atoms with Crippen molar-refractivity contribution in [1.29, 1.82) is 0 Å². The summed E-state index contributed by atoms with van der Waals surface area (Å²) in [6.07, 6.45) is 3.93. The molecule has 0 spiro atoms. The number of hydrogen-bond acceptors (Lipinski definition) is 4. The molecule has 0 saturated carbocycles. The van der Waals surface area contributed by atoms with Crippen LogP contribution >= 0.6 is 23.2 Å². The van der Waals surface area contributed by atoms with E-state index in [9.17, 15) is 14.4 Å². The van der Waals surface area contributed by atoms with Gasteiger partial charge in [0.05, 0.1) is 17.0 Å². The van der Waals surface area contributed by atoms with Crippen molar-refractivity contribution < 1.29 is 18.8 Å². The van der Waals surface area contributed by atoms with Crippen LogP contribution in [0.3, 0.4) is 0 Å². The molecule has 0 aliphatic rings. The molecule has 0 unspecified atom stereocenters. The molecule has 0 atom stereocenters. The van der Waals surface area contributed by atoms with E-state index in [2.05, 4.69) is 16.2 Å². The fourth-order valence-corrected chi connectivity index (χ4v) is 2.27. The fraction of sp³-hybridized carbons (Fsp3) is 0.118. The molecule has 2 rings (SSSR count). The monoisotopic (exact) mass is 395 g/mol. The van der Waals surface area contributed by atoms with Crippen LogP contribution in [0.25, 0.3) is 6.08 Å². The van der Waals surface area contributed by atoms with E-state index in [0.29, 0.717) is 21.5 Å². The zero-order chi connectivity index (χ0) is 18.9. The van der Waals surface area contributed by atoms with Crippen LogP contribution < -0.4 is 16.2 Å². The topological polar surface area (TPSA) is 100 Å². The highest BCUT2D eigenvalue weighted by atomic mass is 35.5. The molecule has 7 nitrogen and oxygen atoms in total. The molecule has 0 radical (unpaired) electrons. The minimum Gasteiger partial charge on any atom is -0.465 e. The molecule has 0 aliphatic heterocycles. The second-order valence-electron chi connectivity index (χ2n) is 5.06. The summed E-state index contributed by atoms with van der Waals surface area (Å²) in [7, 11) is 0. The van der Waals surface area contributed by atoms with E-state index in [1.54, 1.807) is 24.3 Å². The van der Waals surface area contributed by atoms with E-state index >= 15 is 0 Å². The number of benzene rings is 1. The molecule has 2 aromatic rings. The van der Waals surface area contributed by atoms with E-state index in [4.69, 9.17) is 27.6 Å². The third kappa shape index (κ3) is 6.62. The summed E-state index contributed by atoms with van der Waals surface area (Å²) in [5.74, 6) is -0.938. The van der Waals surface area contributed by atoms with Crippen LogP contribution in [-0.4, -0.2) is 17.7 Å². The first-order valence-corrected chi connectivity index (χ1v) is 8.25. The number of furan rings is 1. The van der Waals surface area contributed by atoms with Crippen LogP contribution in [0.5, 0.6) is 0 Å². The second kappa shape index (κ2) is 9.65. The first-order chi connectivity index (χ1) is 12.4. The quantitative estimate of drug-likeness (QED) is 0.516. The van der Waals surface area contributed by atoms with E-state index in [0.717, 1.165) is 0 Å². The highest BCUT2D eigenvalue weighted by Crippen LogP contribution is 2.25. The first kappa shape index (κ1) is 19.6. The number of halogens is 2. The molecule has 136 valence electrons. The normalized spacial score (nSPS) is 10.5. The summed E-state index contributed by atoms with van der Waals surface area (Å²) in [5, 5.41) is 3.32. The Hall–Kier alpha value is -2.77. The molecule has 1 aromatic carbocycles. The molecule has 3 amide bonds. The molecular formula is C17H15Cl2N3O4. The Morgan fingerprint density at radius 3 is 2.50 bits per heavy atom. The van der Waals surface area contributed by atoms with Crippen molar-refractivity contribution in [3.05, 3.63) is 58.5 Å². The van der Waals surface area contributed by atoms with Gasteiger partial charge < -0.3 is 9.73 Å². The van der Waals surface area contributed by atoms with Gasteiger partial charge in [-0.05, 0) is 36.4 Å². The summed E-state index contributed by atoms with van der Waals surface area (Å²) in [6.45, 7) is 0. The van der Waals surface area contributed by atoms with Crippen LogP contribution in [0, 0.1) is 0 Å². The van der Waals surface area contributed by atoms with Crippen LogP contribution in [0.4, 0.5) is 5.69 Å². The number of hydrazine groups is 1. The van der Waals surface area contributed by atoms with E-state index in [1.165, 1.54) is 24.5 Å². The number of nitrogens with one attached hydrogen (secondary N) is 3. The van der Waals surface area contributed by atoms with Crippen molar-refractivity contribution in [2.24, 2.45) is 0 Å². The van der Waals surface area contributed by atoms with Crippen molar-refractivity contribution in [3.8, 4) is 0 Å². The molecule has 1 aromatic heterocycles. The lowest BCUT2D eigenvalue weighted by Crippen LogP contribution is -2.41. The number of carbonyl (C=O) groups is 3. The first-order valence-electron chi connectivity index (χ1n) is 7.49. The summed E-state index contributed by atoms with van der Waals surface area (Å²) in [6, 6.07) is 8.00. The molecule has 0 aliphatic carbocycles. The zero-order valence-electron chi connectivity index (χ0n) is 13.4. The van der Waals surface area contributed by atoms with Gasteiger partial charge in [-0.25, -0.2) is 0 Å². The summed E-state index contributed by atoms with van der Waals surface area (Å²) < 4.78 is 5.02. The van der Waals surface area contributed by atoms with Crippen molar-refractivity contribution in [2.75, 3.05) is 5.32 Å². The van der Waals surface area contributed by atoms with Crippen molar-refractivity contribution in [3.63, 3.8) is 0 Å². The second-order valence-corrected chi connectivity index (χ2v) is 5.90. The van der Waals surface area contributed by atoms with Gasteiger partial charge in [0, 0.05) is 23.9 Å². The smallest absolute Gasteiger partial charge is 0.262 e. The molecule has 1 heterocycles. The molecule has 3 N–H and O–H groups in total. The minimum atomic E-state index is -0.535. The summed E-state index contributed by atoms with van der Waals surface area (Å²) in [5.41, 5.74) is 4.81. The van der Waals surface area contributed by atoms with E-state index in [1.807, 2.05) is 0 Å². The number of anilines is 1. The number of rotatable bonds is 6. The van der Waals surface area contributed by atoms with Crippen LogP contribution in [-0.2, 0) is 14.4 Å². The fourth-order valence-electron chi connectivity index (χ4n) is 1.81. The molecule has 26 heavy (non-hydrogen) atoms. The highest BCUT2D eigenvalue weighted by Gasteiger charge is 2.10. The third-order valence-electron chi connectivity index (χ3n) is 3.05. The Kier molecular flexibility index (Phi) is 7.25. The lowest BCUT2D eigenvalue weighted by Gasteiger charge is -2.08. The molecule has 0 fully saturated rings. The minimum absolute atomic E-state index is 0.0805. The maximum Gasteiger partial charge on any atom is 0.262 e. The maximum atomic E-state index is 11.8. The van der Waals surface area contributed by atoms with Crippen molar-refractivity contribution in [1.82, 2.24) is 10.9 Å². The van der Waals surface area contributed by atoms with Gasteiger partial charge in [-0.3, -0.25) is 25.2 Å². The molecule has 0 bridgehead atoms. The number of amides is 3. The van der Waals surface area contributed by atoms with Crippen LogP contribution in [0.15, 0.2) is 47.1 Å². The number of hydrogen-bond donors (Lipinski definition) is 3. The van der Waals surface area contributed by atoms with Gasteiger partial charge in [-0.2, -0.15) is 0 Å². The lowest BCUT2D eigenvalue weighted by atomic mass is 10.2. The van der Waals surface area contributed by atoms with Gasteiger partial charge in [0.1, 0.15) is 5.76 Å². The SMILES string of the molecule is O=C(/C=C/c1ccco1)NNC(=O)CCC(=O)Nc1ccc(Cl)cc1Cl. The van der Waals surface area contributed by atoms with Crippen LogP contribution in [0.1, 0.15) is 18.6 Å². The molecular weight excluding hydrogens is 381 g/mol. The highest BCUT2D eigenvalue weighted by molar-refractivity contribution is 6.36. The Balaban J connectivity index is 1.69. The van der Waals surface area contributed by atoms with Gasteiger partial charge in [0.2, 0.25) is 11.8 Å². The average molecular weight is 396 g/mol. The van der Waals surface area contributed by atoms with Crippen molar-refractivity contribution >= 4 is 52.7 Å². The standard InChI is InChI=1S/C17H15Cl2N3O4/c18-11-3-5-14(13(19)10-11)20-15(23)7-8-17(25)22-21-16(24)6-4-12-2-1-9-26-12/h1-6,9-10H,7-8H2,(H,20,23)(H,21,24)(H,22,25)/b6-4+. The van der Waals surface area contributed by atoms with Gasteiger partial charge in [-0.15, -0.1) is 0 Å². The largest absolute Gasteiger partial charge is 0.465 e. The Morgan fingerprint density at radius 2 is 1.81 bits per heavy atom. The van der Waals surface area contributed by atoms with Gasteiger partial charge in [0.15, 0.2) is 0 Å². The average Bonchev–Trinajstić information content (AvgIpc) is 3.12. The Morgan fingerprint density at radius 1 is 1.04 bits per heavy atom.